The van der Waals surface area contributed by atoms with Gasteiger partial charge in [-0.05, 0) is 6.42 Å². The second kappa shape index (κ2) is 5.12. The quantitative estimate of drug-likeness (QED) is 0.515. The minimum atomic E-state index is 0. The van der Waals surface area contributed by atoms with Crippen molar-refractivity contribution in [3.63, 3.8) is 0 Å². The predicted octanol–water partition coefficient (Wildman–Crippen LogP) is -1.78. The van der Waals surface area contributed by atoms with E-state index >= 15 is 0 Å². The van der Waals surface area contributed by atoms with E-state index in [4.69, 9.17) is 4.74 Å². The first kappa shape index (κ1) is 11.4. The van der Waals surface area contributed by atoms with Gasteiger partial charge in [-0.3, -0.25) is 0 Å². The van der Waals surface area contributed by atoms with Crippen LogP contribution in [0.15, 0.2) is 0 Å². The van der Waals surface area contributed by atoms with Gasteiger partial charge in [0.1, 0.15) is 13.2 Å². The van der Waals surface area contributed by atoms with E-state index in [0.717, 1.165) is 17.8 Å². The van der Waals surface area contributed by atoms with Crippen LogP contribution in [-0.4, -0.2) is 38.0 Å². The van der Waals surface area contributed by atoms with Gasteiger partial charge in [0.15, 0.2) is 6.73 Å². The molecule has 0 aromatic rings. The Morgan fingerprint density at radius 2 is 2.18 bits per heavy atom. The molecular formula is C8H18BrNO. The number of halogens is 1. The molecule has 1 fully saturated rings. The summed E-state index contributed by atoms with van der Waals surface area (Å²) in [4.78, 5) is 0. The summed E-state index contributed by atoms with van der Waals surface area (Å²) in [6.07, 6.45) is 2.63. The van der Waals surface area contributed by atoms with Gasteiger partial charge < -0.3 is 26.2 Å². The molecule has 1 atom stereocenters. The Bertz CT molecular complexity index is 102. The Morgan fingerprint density at radius 3 is 2.64 bits per heavy atom. The molecule has 0 N–H and O–H groups in total. The normalized spacial score (nSPS) is 30.0. The van der Waals surface area contributed by atoms with Crippen LogP contribution in [0.3, 0.4) is 0 Å². The highest BCUT2D eigenvalue weighted by Gasteiger charge is 2.26. The van der Waals surface area contributed by atoms with Crippen LogP contribution in [0.25, 0.3) is 0 Å². The van der Waals surface area contributed by atoms with Crippen molar-refractivity contribution < 1.29 is 26.2 Å². The van der Waals surface area contributed by atoms with Gasteiger partial charge in [0.05, 0.1) is 13.6 Å². The van der Waals surface area contributed by atoms with Gasteiger partial charge in [-0.15, -0.1) is 0 Å². The second-order valence-electron chi connectivity index (χ2n) is 3.46. The van der Waals surface area contributed by atoms with Crippen LogP contribution in [0.4, 0.5) is 0 Å². The van der Waals surface area contributed by atoms with Gasteiger partial charge in [-0.25, -0.2) is 0 Å². The molecule has 1 aliphatic heterocycles. The van der Waals surface area contributed by atoms with Crippen molar-refractivity contribution in [3.05, 3.63) is 0 Å². The van der Waals surface area contributed by atoms with E-state index < -0.39 is 0 Å². The number of hydrogen-bond donors (Lipinski definition) is 0. The summed E-state index contributed by atoms with van der Waals surface area (Å²) >= 11 is 0. The topological polar surface area (TPSA) is 9.23 Å². The fourth-order valence-corrected chi connectivity index (χ4v) is 1.35. The molecule has 0 amide bonds. The first-order valence-electron chi connectivity index (χ1n) is 4.18. The first-order valence-corrected chi connectivity index (χ1v) is 4.18. The third-order valence-electron chi connectivity index (χ3n) is 2.23. The molecule has 11 heavy (non-hydrogen) atoms. The van der Waals surface area contributed by atoms with Gasteiger partial charge in [-0.1, -0.05) is 13.3 Å². The highest BCUT2D eigenvalue weighted by atomic mass is 79.9. The van der Waals surface area contributed by atoms with E-state index in [-0.39, 0.29) is 17.0 Å². The first-order chi connectivity index (χ1) is 4.77. The fourth-order valence-electron chi connectivity index (χ4n) is 1.35. The molecule has 1 rings (SSSR count). The molecule has 1 saturated heterocycles. The van der Waals surface area contributed by atoms with Crippen LogP contribution >= 0.6 is 0 Å². The van der Waals surface area contributed by atoms with Crippen LogP contribution in [0.5, 0.6) is 0 Å². The third-order valence-corrected chi connectivity index (χ3v) is 2.23. The maximum absolute atomic E-state index is 5.33. The minimum absolute atomic E-state index is 0. The smallest absolute Gasteiger partial charge is 0.183 e. The van der Waals surface area contributed by atoms with Crippen molar-refractivity contribution in [2.45, 2.75) is 19.8 Å². The lowest BCUT2D eigenvalue weighted by Gasteiger charge is -2.26. The number of hydrogen-bond acceptors (Lipinski definition) is 1. The Kier molecular flexibility index (Phi) is 5.30. The Balaban J connectivity index is 0.000001000. The Labute approximate surface area is 79.9 Å². The Hall–Kier alpha value is 0.400. The van der Waals surface area contributed by atoms with Crippen molar-refractivity contribution in [1.82, 2.24) is 0 Å². The largest absolute Gasteiger partial charge is 1.00 e. The summed E-state index contributed by atoms with van der Waals surface area (Å²) in [7, 11) is 2.28. The number of likely N-dealkylation sites (N-methyl/N-ethyl adjacent to an activating group) is 1. The number of quaternary nitrogens is 1. The molecular weight excluding hydrogens is 206 g/mol. The zero-order valence-corrected chi connectivity index (χ0v) is 9.06. The van der Waals surface area contributed by atoms with Gasteiger partial charge in [0.25, 0.3) is 0 Å². The van der Waals surface area contributed by atoms with Crippen LogP contribution in [-0.2, 0) is 4.74 Å². The summed E-state index contributed by atoms with van der Waals surface area (Å²) in [5.41, 5.74) is 0. The van der Waals surface area contributed by atoms with Crippen molar-refractivity contribution >= 4 is 0 Å². The number of nitrogens with zero attached hydrogens (tertiary/aromatic N) is 1. The molecule has 2 nitrogen and oxygen atoms in total. The van der Waals surface area contributed by atoms with E-state index in [1.54, 1.807) is 0 Å². The van der Waals surface area contributed by atoms with E-state index in [0.29, 0.717) is 0 Å². The average Bonchev–Trinajstić information content (AvgIpc) is 2.33. The Morgan fingerprint density at radius 1 is 1.45 bits per heavy atom. The van der Waals surface area contributed by atoms with Gasteiger partial charge in [0.2, 0.25) is 0 Å². The van der Waals surface area contributed by atoms with E-state index in [9.17, 15) is 0 Å². The SMILES string of the molecule is CCCC[N+]1(C)CCOC1.[Br-]. The zero-order valence-electron chi connectivity index (χ0n) is 7.48. The monoisotopic (exact) mass is 223 g/mol. The van der Waals surface area contributed by atoms with E-state index in [1.807, 2.05) is 0 Å². The molecule has 0 bridgehead atoms. The van der Waals surface area contributed by atoms with Crippen molar-refractivity contribution in [3.8, 4) is 0 Å². The number of rotatable bonds is 3. The molecule has 3 heteroatoms. The maximum atomic E-state index is 5.33. The highest BCUT2D eigenvalue weighted by molar-refractivity contribution is 4.42. The van der Waals surface area contributed by atoms with E-state index in [1.165, 1.54) is 25.9 Å². The number of unbranched alkanes of at least 4 members (excludes halogenated alkanes) is 1. The predicted molar refractivity (Wildman–Crippen MR) is 41.6 cm³/mol. The van der Waals surface area contributed by atoms with Gasteiger partial charge in [-0.2, -0.15) is 0 Å². The van der Waals surface area contributed by atoms with Gasteiger partial charge >= 0.3 is 0 Å². The van der Waals surface area contributed by atoms with E-state index in [2.05, 4.69) is 14.0 Å². The third kappa shape index (κ3) is 3.54. The summed E-state index contributed by atoms with van der Waals surface area (Å²) in [6.45, 7) is 6.62. The van der Waals surface area contributed by atoms with Crippen molar-refractivity contribution in [2.24, 2.45) is 0 Å². The summed E-state index contributed by atoms with van der Waals surface area (Å²) < 4.78 is 6.46. The summed E-state index contributed by atoms with van der Waals surface area (Å²) in [5, 5.41) is 0. The maximum Gasteiger partial charge on any atom is 0.183 e. The molecule has 0 radical (unpaired) electrons. The molecule has 0 aromatic carbocycles. The van der Waals surface area contributed by atoms with Crippen molar-refractivity contribution in [2.75, 3.05) is 33.5 Å². The molecule has 1 aliphatic rings. The zero-order chi connectivity index (χ0) is 7.45. The molecule has 0 saturated carbocycles. The number of ether oxygens (including phenoxy) is 1. The molecule has 0 aliphatic carbocycles. The van der Waals surface area contributed by atoms with Crippen LogP contribution in [0.1, 0.15) is 19.8 Å². The fraction of sp³-hybridized carbons (Fsp3) is 1.00. The highest BCUT2D eigenvalue weighted by Crippen LogP contribution is 2.10. The molecule has 1 unspecified atom stereocenters. The minimum Gasteiger partial charge on any atom is -1.00 e. The molecule has 1 heterocycles. The van der Waals surface area contributed by atoms with Crippen LogP contribution in [0, 0.1) is 0 Å². The summed E-state index contributed by atoms with van der Waals surface area (Å²) in [5.74, 6) is 0. The lowest BCUT2D eigenvalue weighted by atomic mass is 10.3. The van der Waals surface area contributed by atoms with Crippen molar-refractivity contribution in [1.29, 1.82) is 0 Å². The van der Waals surface area contributed by atoms with Gasteiger partial charge in [0, 0.05) is 0 Å². The standard InChI is InChI=1S/C8H18NO.BrH/c1-3-4-5-9(2)6-7-10-8-9;/h3-8H2,1-2H3;1H/q+1;/p-1. The lowest BCUT2D eigenvalue weighted by molar-refractivity contribution is -0.906. The average molecular weight is 224 g/mol. The molecule has 0 aromatic heterocycles. The molecule has 68 valence electrons. The lowest BCUT2D eigenvalue weighted by Crippen LogP contribution is -3.00. The van der Waals surface area contributed by atoms with Crippen LogP contribution in [0.2, 0.25) is 0 Å². The molecule has 0 spiro atoms. The summed E-state index contributed by atoms with van der Waals surface area (Å²) in [6, 6.07) is 0. The van der Waals surface area contributed by atoms with Crippen LogP contribution < -0.4 is 17.0 Å². The second-order valence-corrected chi connectivity index (χ2v) is 3.46.